The van der Waals surface area contributed by atoms with Crippen molar-refractivity contribution >= 4 is 11.6 Å². The summed E-state index contributed by atoms with van der Waals surface area (Å²) in [7, 11) is 0. The van der Waals surface area contributed by atoms with E-state index in [1.807, 2.05) is 0 Å². The lowest BCUT2D eigenvalue weighted by Crippen LogP contribution is -2.50. The van der Waals surface area contributed by atoms with Gasteiger partial charge in [0.05, 0.1) is 5.57 Å². The number of rotatable bonds is 1. The molecule has 0 spiro atoms. The summed E-state index contributed by atoms with van der Waals surface area (Å²) in [6, 6.07) is 0. The molecule has 2 aliphatic rings. The van der Waals surface area contributed by atoms with Gasteiger partial charge in [0.15, 0.2) is 5.83 Å². The van der Waals surface area contributed by atoms with Crippen molar-refractivity contribution in [2.24, 2.45) is 5.92 Å². The number of carbonyl (C=O) groups excluding carboxylic acids is 2. The van der Waals surface area contributed by atoms with E-state index < -0.39 is 58.5 Å². The Morgan fingerprint density at radius 1 is 0.609 bits per heavy atom. The second kappa shape index (κ2) is 4.04. The summed E-state index contributed by atoms with van der Waals surface area (Å²) in [6.07, 6.45) is 0. The first-order valence-corrected chi connectivity index (χ1v) is 5.35. The molecule has 130 valence electrons. The van der Waals surface area contributed by atoms with Crippen LogP contribution in [0.2, 0.25) is 0 Å². The Morgan fingerprint density at radius 3 is 1.22 bits per heavy atom. The van der Waals surface area contributed by atoms with Gasteiger partial charge < -0.3 is 0 Å². The summed E-state index contributed by atoms with van der Waals surface area (Å²) >= 11 is 0. The Morgan fingerprint density at radius 2 is 0.957 bits per heavy atom. The van der Waals surface area contributed by atoms with Gasteiger partial charge in [0.25, 0.3) is 0 Å². The molecule has 0 aliphatic heterocycles. The van der Waals surface area contributed by atoms with Gasteiger partial charge in [-0.1, -0.05) is 0 Å². The van der Waals surface area contributed by atoms with Crippen LogP contribution in [0.3, 0.4) is 0 Å². The molecule has 1 fully saturated rings. The van der Waals surface area contributed by atoms with E-state index in [1.165, 1.54) is 0 Å². The van der Waals surface area contributed by atoms with Gasteiger partial charge in [-0.3, -0.25) is 9.59 Å². The third-order valence-electron chi connectivity index (χ3n) is 3.47. The molecule has 0 unspecified atom stereocenters. The lowest BCUT2D eigenvalue weighted by atomic mass is 9.91. The minimum Gasteiger partial charge on any atom is -0.291 e. The molecule has 1 saturated carbocycles. The number of alkyl halides is 10. The molecule has 2 rings (SSSR count). The number of Topliss-reactive ketones (excluding diaryl/α,β-unsaturated/α-hetero) is 2. The lowest BCUT2D eigenvalue weighted by molar-refractivity contribution is -0.269. The van der Waals surface area contributed by atoms with Crippen molar-refractivity contribution in [3.8, 4) is 0 Å². The molecular formula is C10HF11O2. The Balaban J connectivity index is 2.75. The van der Waals surface area contributed by atoms with Gasteiger partial charge in [-0.25, -0.2) is 4.39 Å². The highest BCUT2D eigenvalue weighted by atomic mass is 19.4. The van der Waals surface area contributed by atoms with Crippen LogP contribution in [0, 0.1) is 5.92 Å². The van der Waals surface area contributed by atoms with Gasteiger partial charge in [0.2, 0.25) is 11.6 Å². The predicted molar refractivity (Wildman–Crippen MR) is 46.4 cm³/mol. The zero-order chi connectivity index (χ0) is 18.4. The summed E-state index contributed by atoms with van der Waals surface area (Å²) in [5, 5.41) is 0. The topological polar surface area (TPSA) is 34.1 Å². The quantitative estimate of drug-likeness (QED) is 0.531. The van der Waals surface area contributed by atoms with E-state index in [9.17, 15) is 57.9 Å². The maximum Gasteiger partial charge on any atom is 0.382 e. The van der Waals surface area contributed by atoms with Crippen molar-refractivity contribution in [2.75, 3.05) is 0 Å². The molecule has 0 saturated heterocycles. The van der Waals surface area contributed by atoms with Crippen molar-refractivity contribution in [1.82, 2.24) is 0 Å². The van der Waals surface area contributed by atoms with E-state index in [-0.39, 0.29) is 0 Å². The zero-order valence-electron chi connectivity index (χ0n) is 10.1. The molecule has 0 aromatic carbocycles. The summed E-state index contributed by atoms with van der Waals surface area (Å²) < 4.78 is 143. The molecule has 0 amide bonds. The maximum absolute atomic E-state index is 13.3. The highest BCUT2D eigenvalue weighted by molar-refractivity contribution is 6.19. The first kappa shape index (κ1) is 17.7. The lowest BCUT2D eigenvalue weighted by Gasteiger charge is -2.25. The molecule has 0 aromatic rings. The predicted octanol–water partition coefficient (Wildman–Crippen LogP) is 3.17. The van der Waals surface area contributed by atoms with Crippen LogP contribution in [-0.4, -0.2) is 41.2 Å². The molecule has 0 N–H and O–H groups in total. The van der Waals surface area contributed by atoms with Gasteiger partial charge in [-0.05, 0) is 0 Å². The second-order valence-corrected chi connectivity index (χ2v) is 4.76. The minimum absolute atomic E-state index is 3.37. The van der Waals surface area contributed by atoms with Crippen LogP contribution in [0.5, 0.6) is 0 Å². The first-order chi connectivity index (χ1) is 9.97. The monoisotopic (exact) mass is 362 g/mol. The molecule has 0 heterocycles. The Bertz CT molecular complexity index is 619. The van der Waals surface area contributed by atoms with E-state index in [2.05, 4.69) is 0 Å². The molecule has 13 heteroatoms. The van der Waals surface area contributed by atoms with Crippen molar-refractivity contribution in [3.05, 3.63) is 11.4 Å². The van der Waals surface area contributed by atoms with Crippen molar-refractivity contribution < 1.29 is 57.9 Å². The minimum atomic E-state index is -6.55. The average Bonchev–Trinajstić information content (AvgIpc) is 2.55. The molecule has 0 radical (unpaired) electrons. The number of hydrogen-bond acceptors (Lipinski definition) is 2. The Kier molecular flexibility index (Phi) is 3.10. The second-order valence-electron chi connectivity index (χ2n) is 4.76. The molecule has 0 aromatic heterocycles. The van der Waals surface area contributed by atoms with Crippen LogP contribution in [0.25, 0.3) is 0 Å². The van der Waals surface area contributed by atoms with Crippen molar-refractivity contribution in [2.45, 2.75) is 29.6 Å². The normalized spacial score (nSPS) is 31.1. The smallest absolute Gasteiger partial charge is 0.291 e. The Labute approximate surface area is 117 Å². The molecule has 0 bridgehead atoms. The SMILES string of the molecule is O=C1C(C2=C(F)C(F)(F)C(F)(F)C2(F)F)C(=O)C(F)(F)C1(F)F. The van der Waals surface area contributed by atoms with Gasteiger partial charge >= 0.3 is 29.6 Å². The average molecular weight is 362 g/mol. The van der Waals surface area contributed by atoms with Gasteiger partial charge in [-0.2, -0.15) is 43.9 Å². The first-order valence-electron chi connectivity index (χ1n) is 5.35. The maximum atomic E-state index is 13.3. The van der Waals surface area contributed by atoms with Crippen LogP contribution in [0.15, 0.2) is 11.4 Å². The van der Waals surface area contributed by atoms with Crippen LogP contribution >= 0.6 is 0 Å². The summed E-state index contributed by atoms with van der Waals surface area (Å²) in [5.74, 6) is -45.7. The number of halogens is 11. The number of hydrogen-bond donors (Lipinski definition) is 0. The third-order valence-corrected chi connectivity index (χ3v) is 3.47. The fourth-order valence-electron chi connectivity index (χ4n) is 2.17. The number of carbonyl (C=O) groups is 2. The summed E-state index contributed by atoms with van der Waals surface area (Å²) in [6.45, 7) is 0. The van der Waals surface area contributed by atoms with Crippen molar-refractivity contribution in [1.29, 1.82) is 0 Å². The van der Waals surface area contributed by atoms with Crippen LogP contribution in [0.4, 0.5) is 48.3 Å². The highest BCUT2D eigenvalue weighted by Gasteiger charge is 2.86. The standard InChI is InChI=1S/C10HF11O2/c11-3-2(6(12,13)10(20,21)7(3,14)15)1-4(22)8(16,17)9(18,19)5(1)23/h1H. The molecule has 23 heavy (non-hydrogen) atoms. The van der Waals surface area contributed by atoms with E-state index in [1.54, 1.807) is 0 Å². The number of ketones is 2. The largest absolute Gasteiger partial charge is 0.382 e. The third kappa shape index (κ3) is 1.60. The van der Waals surface area contributed by atoms with Crippen LogP contribution in [0.1, 0.15) is 0 Å². The van der Waals surface area contributed by atoms with E-state index in [0.29, 0.717) is 0 Å². The fraction of sp³-hybridized carbons (Fsp3) is 0.600. The number of allylic oxidation sites excluding steroid dienone is 2. The summed E-state index contributed by atoms with van der Waals surface area (Å²) in [4.78, 5) is 22.0. The highest BCUT2D eigenvalue weighted by Crippen LogP contribution is 2.63. The van der Waals surface area contributed by atoms with Crippen LogP contribution in [-0.2, 0) is 9.59 Å². The van der Waals surface area contributed by atoms with Crippen molar-refractivity contribution in [3.63, 3.8) is 0 Å². The molecule has 0 atom stereocenters. The molecule has 2 aliphatic carbocycles. The van der Waals surface area contributed by atoms with Gasteiger partial charge in [0, 0.05) is 0 Å². The summed E-state index contributed by atoms with van der Waals surface area (Å²) in [5.41, 5.74) is -3.38. The molecular weight excluding hydrogens is 361 g/mol. The van der Waals surface area contributed by atoms with E-state index >= 15 is 0 Å². The molecule has 2 nitrogen and oxygen atoms in total. The van der Waals surface area contributed by atoms with E-state index in [4.69, 9.17) is 0 Å². The van der Waals surface area contributed by atoms with Gasteiger partial charge in [-0.15, -0.1) is 0 Å². The van der Waals surface area contributed by atoms with Crippen LogP contribution < -0.4 is 0 Å². The van der Waals surface area contributed by atoms with E-state index in [0.717, 1.165) is 0 Å². The fourth-order valence-corrected chi connectivity index (χ4v) is 2.17. The van der Waals surface area contributed by atoms with Gasteiger partial charge in [0.1, 0.15) is 5.92 Å². The zero-order valence-corrected chi connectivity index (χ0v) is 10.1. The Hall–Kier alpha value is -1.69.